The molecule has 1 N–H and O–H groups in total. The van der Waals surface area contributed by atoms with Gasteiger partial charge >= 0.3 is 0 Å². The van der Waals surface area contributed by atoms with Crippen molar-refractivity contribution in [1.29, 1.82) is 0 Å². The number of benzene rings is 1. The summed E-state index contributed by atoms with van der Waals surface area (Å²) < 4.78 is 1.96. The van der Waals surface area contributed by atoms with Crippen LogP contribution >= 0.6 is 15.9 Å². The second-order valence-electron chi connectivity index (χ2n) is 5.65. The fraction of sp³-hybridized carbons (Fsp3) is 0.385. The van der Waals surface area contributed by atoms with Gasteiger partial charge in [-0.2, -0.15) is 0 Å². The highest BCUT2D eigenvalue weighted by atomic mass is 79.9. The van der Waals surface area contributed by atoms with Gasteiger partial charge < -0.3 is 5.32 Å². The van der Waals surface area contributed by atoms with Crippen molar-refractivity contribution in [2.24, 2.45) is 0 Å². The minimum atomic E-state index is -0.438. The molecular weight excluding hydrogens is 338 g/mol. The van der Waals surface area contributed by atoms with Crippen molar-refractivity contribution in [2.75, 3.05) is 0 Å². The van der Waals surface area contributed by atoms with Crippen molar-refractivity contribution in [1.82, 2.24) is 20.3 Å². The lowest BCUT2D eigenvalue weighted by Gasteiger charge is -2.19. The molecule has 0 spiro atoms. The lowest BCUT2D eigenvalue weighted by atomic mass is 10.1. The Labute approximate surface area is 130 Å². The molecule has 0 bridgehead atoms. The van der Waals surface area contributed by atoms with Gasteiger partial charge in [-0.15, -0.1) is 5.10 Å². The first-order valence-electron chi connectivity index (χ1n) is 6.37. The molecule has 21 heavy (non-hydrogen) atoms. The number of nitrogens with zero attached hydrogens (tertiary/aromatic N) is 4. The lowest BCUT2D eigenvalue weighted by Crippen LogP contribution is -2.35. The molecular formula is C13H16BrN5O2. The van der Waals surface area contributed by atoms with Crippen LogP contribution in [0.4, 0.5) is 5.69 Å². The lowest BCUT2D eigenvalue weighted by molar-refractivity contribution is -0.385. The van der Waals surface area contributed by atoms with E-state index in [1.807, 2.05) is 0 Å². The standard InChI is InChI=1S/C13H16BrN5O2/c1-13(2,3)15-7-9-8-18(17-16-9)10-4-5-11(14)12(6-10)19(20)21/h4-6,8,15H,7H2,1-3H3. The molecule has 0 fully saturated rings. The summed E-state index contributed by atoms with van der Waals surface area (Å²) in [6.07, 6.45) is 1.76. The number of halogens is 1. The van der Waals surface area contributed by atoms with Gasteiger partial charge in [-0.05, 0) is 48.8 Å². The third-order valence-electron chi connectivity index (χ3n) is 2.73. The maximum absolute atomic E-state index is 10.9. The summed E-state index contributed by atoms with van der Waals surface area (Å²) in [5.41, 5.74) is 1.35. The van der Waals surface area contributed by atoms with Gasteiger partial charge in [-0.3, -0.25) is 10.1 Å². The Hall–Kier alpha value is -1.80. The van der Waals surface area contributed by atoms with E-state index in [0.717, 1.165) is 5.69 Å². The molecule has 0 radical (unpaired) electrons. The SMILES string of the molecule is CC(C)(C)NCc1cn(-c2ccc(Br)c([N+](=O)[O-])c2)nn1. The van der Waals surface area contributed by atoms with E-state index in [0.29, 0.717) is 16.7 Å². The first-order chi connectivity index (χ1) is 9.76. The van der Waals surface area contributed by atoms with Gasteiger partial charge in [0.1, 0.15) is 0 Å². The van der Waals surface area contributed by atoms with Crippen LogP contribution in [-0.2, 0) is 6.54 Å². The number of hydrogen-bond donors (Lipinski definition) is 1. The van der Waals surface area contributed by atoms with Crippen LogP contribution in [-0.4, -0.2) is 25.5 Å². The Kier molecular flexibility index (Phi) is 4.38. The van der Waals surface area contributed by atoms with Crippen molar-refractivity contribution in [3.05, 3.63) is 44.7 Å². The van der Waals surface area contributed by atoms with Gasteiger partial charge in [-0.1, -0.05) is 5.21 Å². The van der Waals surface area contributed by atoms with Gasteiger partial charge in [0, 0.05) is 18.2 Å². The molecule has 1 aromatic carbocycles. The van der Waals surface area contributed by atoms with E-state index in [4.69, 9.17) is 0 Å². The molecule has 2 aromatic rings. The highest BCUT2D eigenvalue weighted by Crippen LogP contribution is 2.26. The topological polar surface area (TPSA) is 85.9 Å². The van der Waals surface area contributed by atoms with E-state index in [1.165, 1.54) is 10.7 Å². The number of aromatic nitrogens is 3. The van der Waals surface area contributed by atoms with E-state index >= 15 is 0 Å². The molecule has 0 amide bonds. The minimum absolute atomic E-state index is 0.00244. The Morgan fingerprint density at radius 1 is 1.43 bits per heavy atom. The highest BCUT2D eigenvalue weighted by Gasteiger charge is 2.15. The molecule has 8 heteroatoms. The molecule has 0 unspecified atom stereocenters. The number of hydrogen-bond acceptors (Lipinski definition) is 5. The zero-order valence-electron chi connectivity index (χ0n) is 12.0. The van der Waals surface area contributed by atoms with Crippen LogP contribution in [0.2, 0.25) is 0 Å². The van der Waals surface area contributed by atoms with Crippen molar-refractivity contribution in [3.8, 4) is 5.69 Å². The third-order valence-corrected chi connectivity index (χ3v) is 3.40. The smallest absolute Gasteiger partial charge is 0.285 e. The predicted octanol–water partition coefficient (Wildman–Crippen LogP) is 2.83. The summed E-state index contributed by atoms with van der Waals surface area (Å²) in [6.45, 7) is 6.78. The van der Waals surface area contributed by atoms with Crippen molar-refractivity contribution < 1.29 is 4.92 Å². The molecule has 0 saturated carbocycles. The number of nitro benzene ring substituents is 1. The minimum Gasteiger partial charge on any atom is -0.306 e. The average Bonchev–Trinajstić information content (AvgIpc) is 2.84. The van der Waals surface area contributed by atoms with Crippen LogP contribution in [0, 0.1) is 10.1 Å². The van der Waals surface area contributed by atoms with Crippen LogP contribution in [0.25, 0.3) is 5.69 Å². The van der Waals surface area contributed by atoms with Crippen LogP contribution in [0.1, 0.15) is 26.5 Å². The molecule has 1 aromatic heterocycles. The van der Waals surface area contributed by atoms with Crippen LogP contribution < -0.4 is 5.32 Å². The summed E-state index contributed by atoms with van der Waals surface area (Å²) in [5.74, 6) is 0. The monoisotopic (exact) mass is 353 g/mol. The maximum atomic E-state index is 10.9. The molecule has 0 aliphatic heterocycles. The summed E-state index contributed by atoms with van der Waals surface area (Å²) >= 11 is 3.16. The molecule has 1 heterocycles. The van der Waals surface area contributed by atoms with E-state index in [-0.39, 0.29) is 11.2 Å². The largest absolute Gasteiger partial charge is 0.306 e. The Morgan fingerprint density at radius 2 is 2.14 bits per heavy atom. The fourth-order valence-corrected chi connectivity index (χ4v) is 2.04. The summed E-state index contributed by atoms with van der Waals surface area (Å²) in [7, 11) is 0. The van der Waals surface area contributed by atoms with Crippen molar-refractivity contribution in [3.63, 3.8) is 0 Å². The molecule has 0 saturated heterocycles. The normalized spacial score (nSPS) is 11.6. The van der Waals surface area contributed by atoms with Crippen LogP contribution in [0.15, 0.2) is 28.9 Å². The van der Waals surface area contributed by atoms with E-state index in [1.54, 1.807) is 18.3 Å². The van der Waals surface area contributed by atoms with E-state index in [2.05, 4.69) is 52.3 Å². The van der Waals surface area contributed by atoms with Crippen molar-refractivity contribution >= 4 is 21.6 Å². The van der Waals surface area contributed by atoms with E-state index < -0.39 is 4.92 Å². The van der Waals surface area contributed by atoms with Gasteiger partial charge in [-0.25, -0.2) is 4.68 Å². The zero-order chi connectivity index (χ0) is 15.6. The van der Waals surface area contributed by atoms with Gasteiger partial charge in [0.25, 0.3) is 5.69 Å². The number of nitrogens with one attached hydrogen (secondary N) is 1. The molecule has 0 atom stereocenters. The van der Waals surface area contributed by atoms with Crippen molar-refractivity contribution in [2.45, 2.75) is 32.9 Å². The van der Waals surface area contributed by atoms with Gasteiger partial charge in [0.05, 0.1) is 27.0 Å². The molecule has 2 rings (SSSR count). The Bertz CT molecular complexity index is 663. The first kappa shape index (κ1) is 15.6. The molecule has 7 nitrogen and oxygen atoms in total. The summed E-state index contributed by atoms with van der Waals surface area (Å²) in [5, 5.41) is 22.3. The highest BCUT2D eigenvalue weighted by molar-refractivity contribution is 9.10. The number of nitro groups is 1. The molecule has 0 aliphatic rings. The Balaban J connectivity index is 2.22. The first-order valence-corrected chi connectivity index (χ1v) is 7.16. The average molecular weight is 354 g/mol. The quantitative estimate of drug-likeness (QED) is 0.674. The van der Waals surface area contributed by atoms with Crippen LogP contribution in [0.5, 0.6) is 0 Å². The molecule has 0 aliphatic carbocycles. The second-order valence-corrected chi connectivity index (χ2v) is 6.51. The molecule has 112 valence electrons. The third kappa shape index (κ3) is 4.08. The summed E-state index contributed by atoms with van der Waals surface area (Å²) in [4.78, 5) is 10.5. The maximum Gasteiger partial charge on any atom is 0.285 e. The van der Waals surface area contributed by atoms with E-state index in [9.17, 15) is 10.1 Å². The Morgan fingerprint density at radius 3 is 2.76 bits per heavy atom. The fourth-order valence-electron chi connectivity index (χ4n) is 1.64. The van der Waals surface area contributed by atoms with Gasteiger partial charge in [0.2, 0.25) is 0 Å². The summed E-state index contributed by atoms with van der Waals surface area (Å²) in [6, 6.07) is 4.83. The van der Waals surface area contributed by atoms with Gasteiger partial charge in [0.15, 0.2) is 0 Å². The predicted molar refractivity (Wildman–Crippen MR) is 82.3 cm³/mol. The van der Waals surface area contributed by atoms with Crippen LogP contribution in [0.3, 0.4) is 0 Å². The second kappa shape index (κ2) is 5.90. The number of rotatable bonds is 4. The zero-order valence-corrected chi connectivity index (χ0v) is 13.6.